The Kier molecular flexibility index (Phi) is 3.06. The summed E-state index contributed by atoms with van der Waals surface area (Å²) in [5.74, 6) is 0. The standard InChI is InChI=1S/C11H15N/c1-4-10-7-5-6-8-11(10)9(2)12-3/h4-9,12H,1H2,2-3H3/t9-/m0/s1. The van der Waals surface area contributed by atoms with E-state index in [1.807, 2.05) is 19.2 Å². The first kappa shape index (κ1) is 9.01. The van der Waals surface area contributed by atoms with Gasteiger partial charge in [0, 0.05) is 6.04 Å². The highest BCUT2D eigenvalue weighted by Gasteiger charge is 2.04. The summed E-state index contributed by atoms with van der Waals surface area (Å²) in [6.45, 7) is 5.92. The van der Waals surface area contributed by atoms with Crippen LogP contribution in [-0.2, 0) is 0 Å². The van der Waals surface area contributed by atoms with Crippen molar-refractivity contribution in [3.05, 3.63) is 42.0 Å². The molecule has 1 nitrogen and oxygen atoms in total. The van der Waals surface area contributed by atoms with Crippen LogP contribution >= 0.6 is 0 Å². The molecule has 12 heavy (non-hydrogen) atoms. The monoisotopic (exact) mass is 161 g/mol. The van der Waals surface area contributed by atoms with Gasteiger partial charge in [-0.25, -0.2) is 0 Å². The largest absolute Gasteiger partial charge is 0.313 e. The molecule has 1 heteroatoms. The van der Waals surface area contributed by atoms with Crippen molar-refractivity contribution in [3.8, 4) is 0 Å². The van der Waals surface area contributed by atoms with Crippen molar-refractivity contribution in [2.75, 3.05) is 7.05 Å². The van der Waals surface area contributed by atoms with Gasteiger partial charge in [-0.2, -0.15) is 0 Å². The van der Waals surface area contributed by atoms with Crippen LogP contribution in [0.5, 0.6) is 0 Å². The summed E-state index contributed by atoms with van der Waals surface area (Å²) in [6.07, 6.45) is 1.89. The molecule has 0 radical (unpaired) electrons. The fourth-order valence-electron chi connectivity index (χ4n) is 1.25. The summed E-state index contributed by atoms with van der Waals surface area (Å²) in [7, 11) is 1.96. The SMILES string of the molecule is C=Cc1ccccc1[C@H](C)NC. The van der Waals surface area contributed by atoms with Gasteiger partial charge >= 0.3 is 0 Å². The molecule has 0 saturated carbocycles. The zero-order valence-corrected chi connectivity index (χ0v) is 7.67. The van der Waals surface area contributed by atoms with Crippen molar-refractivity contribution < 1.29 is 0 Å². The fourth-order valence-corrected chi connectivity index (χ4v) is 1.25. The van der Waals surface area contributed by atoms with Crippen LogP contribution in [0.4, 0.5) is 0 Å². The van der Waals surface area contributed by atoms with Crippen molar-refractivity contribution in [3.63, 3.8) is 0 Å². The zero-order valence-electron chi connectivity index (χ0n) is 7.67. The Hall–Kier alpha value is -1.08. The number of hydrogen-bond acceptors (Lipinski definition) is 1. The smallest absolute Gasteiger partial charge is 0.0294 e. The summed E-state index contributed by atoms with van der Waals surface area (Å²) in [5.41, 5.74) is 2.51. The molecule has 1 aromatic carbocycles. The van der Waals surface area contributed by atoms with Crippen LogP contribution in [0.15, 0.2) is 30.8 Å². The summed E-state index contributed by atoms with van der Waals surface area (Å²) < 4.78 is 0. The third-order valence-electron chi connectivity index (χ3n) is 2.12. The van der Waals surface area contributed by atoms with E-state index in [2.05, 4.69) is 37.0 Å². The van der Waals surface area contributed by atoms with Gasteiger partial charge in [0.2, 0.25) is 0 Å². The minimum Gasteiger partial charge on any atom is -0.313 e. The number of hydrogen-bond donors (Lipinski definition) is 1. The van der Waals surface area contributed by atoms with E-state index < -0.39 is 0 Å². The first-order chi connectivity index (χ1) is 5.79. The topological polar surface area (TPSA) is 12.0 Å². The first-order valence-electron chi connectivity index (χ1n) is 4.18. The Morgan fingerprint density at radius 1 is 1.42 bits per heavy atom. The van der Waals surface area contributed by atoms with E-state index in [0.29, 0.717) is 6.04 Å². The Labute approximate surface area is 74.1 Å². The van der Waals surface area contributed by atoms with Gasteiger partial charge in [-0.1, -0.05) is 36.9 Å². The lowest BCUT2D eigenvalue weighted by Gasteiger charge is -2.13. The molecule has 0 amide bonds. The van der Waals surface area contributed by atoms with Crippen LogP contribution in [0.1, 0.15) is 24.1 Å². The van der Waals surface area contributed by atoms with E-state index in [-0.39, 0.29) is 0 Å². The Balaban J connectivity index is 3.04. The highest BCUT2D eigenvalue weighted by Crippen LogP contribution is 2.17. The summed E-state index contributed by atoms with van der Waals surface area (Å²) >= 11 is 0. The van der Waals surface area contributed by atoms with E-state index in [1.54, 1.807) is 0 Å². The third kappa shape index (κ3) is 1.74. The lowest BCUT2D eigenvalue weighted by Crippen LogP contribution is -2.13. The minimum atomic E-state index is 0.388. The minimum absolute atomic E-state index is 0.388. The van der Waals surface area contributed by atoms with Gasteiger partial charge in [0.05, 0.1) is 0 Å². The molecule has 0 aliphatic heterocycles. The first-order valence-corrected chi connectivity index (χ1v) is 4.18. The lowest BCUT2D eigenvalue weighted by molar-refractivity contribution is 0.651. The second-order valence-corrected chi connectivity index (χ2v) is 2.84. The van der Waals surface area contributed by atoms with Crippen molar-refractivity contribution >= 4 is 6.08 Å². The van der Waals surface area contributed by atoms with E-state index in [1.165, 1.54) is 11.1 Å². The molecule has 0 aliphatic rings. The van der Waals surface area contributed by atoms with Gasteiger partial charge < -0.3 is 5.32 Å². The van der Waals surface area contributed by atoms with Gasteiger partial charge in [0.25, 0.3) is 0 Å². The maximum absolute atomic E-state index is 3.78. The Morgan fingerprint density at radius 2 is 2.08 bits per heavy atom. The van der Waals surface area contributed by atoms with Gasteiger partial charge in [-0.3, -0.25) is 0 Å². The van der Waals surface area contributed by atoms with E-state index >= 15 is 0 Å². The van der Waals surface area contributed by atoms with Crippen LogP contribution in [0.2, 0.25) is 0 Å². The number of rotatable bonds is 3. The molecule has 0 spiro atoms. The lowest BCUT2D eigenvalue weighted by atomic mass is 10.0. The van der Waals surface area contributed by atoms with E-state index in [0.717, 1.165) is 0 Å². The summed E-state index contributed by atoms with van der Waals surface area (Å²) in [6, 6.07) is 8.67. The van der Waals surface area contributed by atoms with Crippen LogP contribution in [0.25, 0.3) is 6.08 Å². The molecule has 0 unspecified atom stereocenters. The average molecular weight is 161 g/mol. The molecule has 1 N–H and O–H groups in total. The van der Waals surface area contributed by atoms with Crippen molar-refractivity contribution in [1.82, 2.24) is 5.32 Å². The van der Waals surface area contributed by atoms with Crippen molar-refractivity contribution in [2.24, 2.45) is 0 Å². The van der Waals surface area contributed by atoms with Gasteiger partial charge in [-0.15, -0.1) is 0 Å². The molecule has 1 aromatic rings. The molecule has 0 fully saturated rings. The molecule has 64 valence electrons. The maximum atomic E-state index is 3.78. The summed E-state index contributed by atoms with van der Waals surface area (Å²) in [5, 5.41) is 3.21. The molecule has 0 aromatic heterocycles. The van der Waals surface area contributed by atoms with Crippen LogP contribution < -0.4 is 5.32 Å². The third-order valence-corrected chi connectivity index (χ3v) is 2.12. The molecule has 0 aliphatic carbocycles. The van der Waals surface area contributed by atoms with Crippen LogP contribution in [0.3, 0.4) is 0 Å². The van der Waals surface area contributed by atoms with E-state index in [9.17, 15) is 0 Å². The number of nitrogens with one attached hydrogen (secondary N) is 1. The molecular weight excluding hydrogens is 146 g/mol. The molecule has 1 atom stereocenters. The predicted octanol–water partition coefficient (Wildman–Crippen LogP) is 2.61. The van der Waals surface area contributed by atoms with Gasteiger partial charge in [0.1, 0.15) is 0 Å². The van der Waals surface area contributed by atoms with Crippen LogP contribution in [-0.4, -0.2) is 7.05 Å². The predicted molar refractivity (Wildman–Crippen MR) is 54.0 cm³/mol. The summed E-state index contributed by atoms with van der Waals surface area (Å²) in [4.78, 5) is 0. The normalized spacial score (nSPS) is 12.5. The Bertz CT molecular complexity index is 265. The van der Waals surface area contributed by atoms with Gasteiger partial charge in [-0.05, 0) is 25.1 Å². The van der Waals surface area contributed by atoms with Gasteiger partial charge in [0.15, 0.2) is 0 Å². The molecule has 0 heterocycles. The highest BCUT2D eigenvalue weighted by molar-refractivity contribution is 5.52. The second kappa shape index (κ2) is 4.07. The van der Waals surface area contributed by atoms with Crippen LogP contribution in [0, 0.1) is 0 Å². The maximum Gasteiger partial charge on any atom is 0.0294 e. The number of benzene rings is 1. The Morgan fingerprint density at radius 3 is 2.67 bits per heavy atom. The van der Waals surface area contributed by atoms with E-state index in [4.69, 9.17) is 0 Å². The second-order valence-electron chi connectivity index (χ2n) is 2.84. The quantitative estimate of drug-likeness (QED) is 0.718. The zero-order chi connectivity index (χ0) is 8.97. The molecule has 1 rings (SSSR count). The highest BCUT2D eigenvalue weighted by atomic mass is 14.9. The molecule has 0 bridgehead atoms. The van der Waals surface area contributed by atoms with Crippen molar-refractivity contribution in [1.29, 1.82) is 0 Å². The fraction of sp³-hybridized carbons (Fsp3) is 0.273. The molecule has 0 saturated heterocycles. The van der Waals surface area contributed by atoms with Crippen molar-refractivity contribution in [2.45, 2.75) is 13.0 Å². The average Bonchev–Trinajstić information content (AvgIpc) is 2.16. The molecular formula is C11H15N.